The lowest BCUT2D eigenvalue weighted by Gasteiger charge is -2.32. The van der Waals surface area contributed by atoms with Crippen LogP contribution in [0.1, 0.15) is 42.5 Å². The fraction of sp³-hybridized carbons (Fsp3) is 0.583. The predicted octanol–water partition coefficient (Wildman–Crippen LogP) is 2.17. The second-order valence-corrected chi connectivity index (χ2v) is 5.26. The first-order chi connectivity index (χ1) is 7.70. The van der Waals surface area contributed by atoms with Crippen LogP contribution in [0.15, 0.2) is 16.8 Å². The summed E-state index contributed by atoms with van der Waals surface area (Å²) in [4.78, 5) is 11.7. The second-order valence-electron chi connectivity index (χ2n) is 4.48. The monoisotopic (exact) mass is 239 g/mol. The molecule has 0 spiro atoms. The molecule has 1 saturated carbocycles. The Morgan fingerprint density at radius 1 is 1.44 bits per heavy atom. The van der Waals surface area contributed by atoms with Crippen molar-refractivity contribution < 1.29 is 9.90 Å². The van der Waals surface area contributed by atoms with Gasteiger partial charge in [0.1, 0.15) is 0 Å². The maximum atomic E-state index is 11.7. The molecule has 1 aliphatic rings. The van der Waals surface area contributed by atoms with Crippen molar-refractivity contribution in [2.75, 3.05) is 6.54 Å². The average molecular weight is 239 g/mol. The Bertz CT molecular complexity index is 342. The van der Waals surface area contributed by atoms with Gasteiger partial charge in [-0.3, -0.25) is 4.79 Å². The molecular weight excluding hydrogens is 222 g/mol. The maximum absolute atomic E-state index is 11.7. The van der Waals surface area contributed by atoms with E-state index in [1.54, 1.807) is 6.07 Å². The summed E-state index contributed by atoms with van der Waals surface area (Å²) in [6.45, 7) is 0.377. The quantitative estimate of drug-likeness (QED) is 0.849. The number of rotatable bonds is 3. The number of nitrogens with one attached hydrogen (secondary N) is 1. The van der Waals surface area contributed by atoms with Gasteiger partial charge in [0, 0.05) is 17.5 Å². The van der Waals surface area contributed by atoms with E-state index >= 15 is 0 Å². The number of hydrogen-bond acceptors (Lipinski definition) is 3. The van der Waals surface area contributed by atoms with Gasteiger partial charge in [-0.1, -0.05) is 19.3 Å². The summed E-state index contributed by atoms with van der Waals surface area (Å²) in [6.07, 6.45) is 4.92. The Balaban J connectivity index is 1.84. The molecule has 1 aromatic rings. The van der Waals surface area contributed by atoms with Crippen LogP contribution in [0.25, 0.3) is 0 Å². The molecule has 3 nitrogen and oxygen atoms in total. The third kappa shape index (κ3) is 2.83. The van der Waals surface area contributed by atoms with Crippen LogP contribution in [0, 0.1) is 0 Å². The second kappa shape index (κ2) is 4.97. The van der Waals surface area contributed by atoms with Crippen molar-refractivity contribution in [3.63, 3.8) is 0 Å². The standard InChI is InChI=1S/C12H17NO2S/c14-11(10-4-7-16-8-10)13-9-12(15)5-2-1-3-6-12/h4,7-8,15H,1-3,5-6,9H2,(H,13,14). The first kappa shape index (κ1) is 11.6. The number of thiophene rings is 1. The van der Waals surface area contributed by atoms with Crippen LogP contribution in [0.4, 0.5) is 0 Å². The molecule has 0 saturated heterocycles. The minimum atomic E-state index is -0.677. The highest BCUT2D eigenvalue weighted by Gasteiger charge is 2.29. The van der Waals surface area contributed by atoms with Gasteiger partial charge in [0.05, 0.1) is 5.60 Å². The van der Waals surface area contributed by atoms with Crippen molar-refractivity contribution in [2.24, 2.45) is 0 Å². The zero-order valence-electron chi connectivity index (χ0n) is 9.24. The highest BCUT2D eigenvalue weighted by atomic mass is 32.1. The van der Waals surface area contributed by atoms with Crippen LogP contribution >= 0.6 is 11.3 Å². The minimum absolute atomic E-state index is 0.0831. The van der Waals surface area contributed by atoms with Gasteiger partial charge in [-0.15, -0.1) is 0 Å². The molecule has 0 atom stereocenters. The van der Waals surface area contributed by atoms with Crippen LogP contribution < -0.4 is 5.32 Å². The van der Waals surface area contributed by atoms with Crippen molar-refractivity contribution in [1.29, 1.82) is 0 Å². The van der Waals surface area contributed by atoms with E-state index in [1.165, 1.54) is 17.8 Å². The molecule has 4 heteroatoms. The van der Waals surface area contributed by atoms with Crippen molar-refractivity contribution >= 4 is 17.2 Å². The summed E-state index contributed by atoms with van der Waals surface area (Å²) in [5.74, 6) is -0.0831. The first-order valence-corrected chi connectivity index (χ1v) is 6.67. The van der Waals surface area contributed by atoms with Gasteiger partial charge < -0.3 is 10.4 Å². The molecule has 1 fully saturated rings. The molecule has 0 aliphatic heterocycles. The predicted molar refractivity (Wildman–Crippen MR) is 64.7 cm³/mol. The minimum Gasteiger partial charge on any atom is -0.388 e. The van der Waals surface area contributed by atoms with E-state index in [9.17, 15) is 9.90 Å². The van der Waals surface area contributed by atoms with E-state index in [0.717, 1.165) is 25.7 Å². The summed E-state index contributed by atoms with van der Waals surface area (Å²) >= 11 is 1.51. The molecule has 0 radical (unpaired) electrons. The zero-order chi connectivity index (χ0) is 11.4. The maximum Gasteiger partial charge on any atom is 0.252 e. The number of carbonyl (C=O) groups is 1. The van der Waals surface area contributed by atoms with Gasteiger partial charge in [0.25, 0.3) is 5.91 Å². The lowest BCUT2D eigenvalue weighted by atomic mass is 9.85. The number of carbonyl (C=O) groups excluding carboxylic acids is 1. The molecule has 1 aromatic heterocycles. The van der Waals surface area contributed by atoms with E-state index < -0.39 is 5.60 Å². The molecule has 1 amide bonds. The molecule has 2 N–H and O–H groups in total. The molecule has 0 bridgehead atoms. The Morgan fingerprint density at radius 2 is 2.19 bits per heavy atom. The van der Waals surface area contributed by atoms with Crippen LogP contribution in [0.2, 0.25) is 0 Å². The van der Waals surface area contributed by atoms with Gasteiger partial charge in [-0.2, -0.15) is 11.3 Å². The lowest BCUT2D eigenvalue weighted by molar-refractivity contribution is 0.00526. The van der Waals surface area contributed by atoms with Crippen molar-refractivity contribution in [3.05, 3.63) is 22.4 Å². The largest absolute Gasteiger partial charge is 0.388 e. The first-order valence-electron chi connectivity index (χ1n) is 5.72. The number of aliphatic hydroxyl groups is 1. The normalized spacial score (nSPS) is 19.3. The summed E-state index contributed by atoms with van der Waals surface area (Å²) < 4.78 is 0. The van der Waals surface area contributed by atoms with Crippen molar-refractivity contribution in [3.8, 4) is 0 Å². The topological polar surface area (TPSA) is 49.3 Å². The molecule has 88 valence electrons. The van der Waals surface area contributed by atoms with Gasteiger partial charge in [-0.25, -0.2) is 0 Å². The highest BCUT2D eigenvalue weighted by Crippen LogP contribution is 2.27. The summed E-state index contributed by atoms with van der Waals surface area (Å²) in [5, 5.41) is 16.7. The van der Waals surface area contributed by atoms with Crippen molar-refractivity contribution in [1.82, 2.24) is 5.32 Å². The molecular formula is C12H17NO2S. The molecule has 0 unspecified atom stereocenters. The molecule has 1 heterocycles. The summed E-state index contributed by atoms with van der Waals surface area (Å²) in [6, 6.07) is 1.80. The Morgan fingerprint density at radius 3 is 2.81 bits per heavy atom. The zero-order valence-corrected chi connectivity index (χ0v) is 10.1. The van der Waals surface area contributed by atoms with Gasteiger partial charge in [-0.05, 0) is 24.3 Å². The van der Waals surface area contributed by atoms with E-state index in [0.29, 0.717) is 12.1 Å². The van der Waals surface area contributed by atoms with Gasteiger partial charge in [0.2, 0.25) is 0 Å². The van der Waals surface area contributed by atoms with E-state index in [-0.39, 0.29) is 5.91 Å². The molecule has 1 aliphatic carbocycles. The number of amides is 1. The fourth-order valence-electron chi connectivity index (χ4n) is 2.13. The Kier molecular flexibility index (Phi) is 3.61. The van der Waals surface area contributed by atoms with Crippen molar-refractivity contribution in [2.45, 2.75) is 37.7 Å². The fourth-order valence-corrected chi connectivity index (χ4v) is 2.76. The van der Waals surface area contributed by atoms with Crippen LogP contribution in [0.3, 0.4) is 0 Å². The summed E-state index contributed by atoms with van der Waals surface area (Å²) in [7, 11) is 0. The highest BCUT2D eigenvalue weighted by molar-refractivity contribution is 7.08. The van der Waals surface area contributed by atoms with Crippen LogP contribution in [0.5, 0.6) is 0 Å². The van der Waals surface area contributed by atoms with Crippen LogP contribution in [-0.2, 0) is 0 Å². The smallest absolute Gasteiger partial charge is 0.252 e. The average Bonchev–Trinajstić information content (AvgIpc) is 2.80. The molecule has 2 rings (SSSR count). The van der Waals surface area contributed by atoms with E-state index in [2.05, 4.69) is 5.32 Å². The van der Waals surface area contributed by atoms with Crippen LogP contribution in [-0.4, -0.2) is 23.2 Å². The van der Waals surface area contributed by atoms with E-state index in [1.807, 2.05) is 10.8 Å². The summed E-state index contributed by atoms with van der Waals surface area (Å²) in [5.41, 5.74) is 0.00798. The SMILES string of the molecule is O=C(NCC1(O)CCCCC1)c1ccsc1. The Hall–Kier alpha value is -0.870. The van der Waals surface area contributed by atoms with E-state index in [4.69, 9.17) is 0 Å². The molecule has 16 heavy (non-hydrogen) atoms. The number of hydrogen-bond donors (Lipinski definition) is 2. The lowest BCUT2D eigenvalue weighted by Crippen LogP contribution is -2.44. The third-order valence-corrected chi connectivity index (χ3v) is 3.83. The van der Waals surface area contributed by atoms with Gasteiger partial charge >= 0.3 is 0 Å². The van der Waals surface area contributed by atoms with Gasteiger partial charge in [0.15, 0.2) is 0 Å². The third-order valence-electron chi connectivity index (χ3n) is 3.15. The molecule has 0 aromatic carbocycles. The Labute approximate surface area is 99.5 Å².